The summed E-state index contributed by atoms with van der Waals surface area (Å²) in [6.07, 6.45) is 3.37. The number of para-hydroxylation sites is 2. The highest BCUT2D eigenvalue weighted by Crippen LogP contribution is 2.29. The van der Waals surface area contributed by atoms with Gasteiger partial charge in [0.2, 0.25) is 5.82 Å². The normalized spacial score (nSPS) is 11.4. The SMILES string of the molecule is O=C(Cn1nnc(-c2ccccc2)n1)N/N=C/c1cn(-c2ccccc2)nc1-c1cc2ccccc2o1. The van der Waals surface area contributed by atoms with Gasteiger partial charge < -0.3 is 4.42 Å². The van der Waals surface area contributed by atoms with Gasteiger partial charge >= 0.3 is 0 Å². The second-order valence-corrected chi connectivity index (χ2v) is 8.16. The van der Waals surface area contributed by atoms with Gasteiger partial charge in [0.25, 0.3) is 5.91 Å². The van der Waals surface area contributed by atoms with Gasteiger partial charge in [0.05, 0.1) is 11.9 Å². The van der Waals surface area contributed by atoms with Crippen molar-refractivity contribution < 1.29 is 9.21 Å². The van der Waals surface area contributed by atoms with E-state index < -0.39 is 5.91 Å². The molecule has 6 aromatic rings. The number of furan rings is 1. The zero-order valence-electron chi connectivity index (χ0n) is 19.5. The van der Waals surface area contributed by atoms with Crippen LogP contribution in [0.25, 0.3) is 39.5 Å². The molecule has 0 unspecified atom stereocenters. The van der Waals surface area contributed by atoms with Crippen molar-refractivity contribution in [2.75, 3.05) is 0 Å². The van der Waals surface area contributed by atoms with Gasteiger partial charge in [-0.3, -0.25) is 4.79 Å². The molecule has 1 amide bonds. The Morgan fingerprint density at radius 3 is 2.51 bits per heavy atom. The summed E-state index contributed by atoms with van der Waals surface area (Å²) in [7, 11) is 0. The van der Waals surface area contributed by atoms with E-state index in [0.29, 0.717) is 22.8 Å². The van der Waals surface area contributed by atoms with E-state index in [2.05, 4.69) is 25.9 Å². The summed E-state index contributed by atoms with van der Waals surface area (Å²) >= 11 is 0. The molecule has 3 heterocycles. The molecule has 3 aromatic carbocycles. The Kier molecular flexibility index (Phi) is 5.80. The fourth-order valence-electron chi connectivity index (χ4n) is 3.84. The summed E-state index contributed by atoms with van der Waals surface area (Å²) in [4.78, 5) is 13.7. The molecule has 3 aromatic heterocycles. The number of hydrogen-bond donors (Lipinski definition) is 1. The molecule has 0 spiro atoms. The molecule has 0 aliphatic heterocycles. The lowest BCUT2D eigenvalue weighted by atomic mass is 10.2. The van der Waals surface area contributed by atoms with Crippen LogP contribution in [-0.4, -0.2) is 42.1 Å². The van der Waals surface area contributed by atoms with Gasteiger partial charge in [0.1, 0.15) is 17.8 Å². The van der Waals surface area contributed by atoms with Crippen LogP contribution in [-0.2, 0) is 11.3 Å². The topological polar surface area (TPSA) is 116 Å². The third kappa shape index (κ3) is 4.76. The average Bonchev–Trinajstić information content (AvgIpc) is 3.68. The van der Waals surface area contributed by atoms with Crippen molar-refractivity contribution in [3.05, 3.63) is 103 Å². The standard InChI is InChI=1S/C27H20N8O2/c36-25(18-35-32-27(30-33-35)19-9-3-1-4-10-19)29-28-16-21-17-34(22-12-5-2-6-13-22)31-26(21)24-15-20-11-7-8-14-23(20)37-24/h1-17H,18H2,(H,29,36)/b28-16+. The number of rotatable bonds is 7. The first kappa shape index (κ1) is 22.1. The third-order valence-corrected chi connectivity index (χ3v) is 5.58. The van der Waals surface area contributed by atoms with Crippen LogP contribution < -0.4 is 5.43 Å². The van der Waals surface area contributed by atoms with E-state index in [1.54, 1.807) is 4.68 Å². The van der Waals surface area contributed by atoms with Crippen molar-refractivity contribution in [3.8, 4) is 28.5 Å². The molecule has 6 rings (SSSR count). The molecule has 0 radical (unpaired) electrons. The zero-order valence-corrected chi connectivity index (χ0v) is 19.5. The molecule has 0 aliphatic rings. The highest BCUT2D eigenvalue weighted by atomic mass is 16.3. The summed E-state index contributed by atoms with van der Waals surface area (Å²) < 4.78 is 7.78. The van der Waals surface area contributed by atoms with Gasteiger partial charge in [-0.2, -0.15) is 15.0 Å². The van der Waals surface area contributed by atoms with Crippen LogP contribution in [0.4, 0.5) is 0 Å². The minimum atomic E-state index is -0.394. The first-order chi connectivity index (χ1) is 18.2. The van der Waals surface area contributed by atoms with Crippen molar-refractivity contribution in [3.63, 3.8) is 0 Å². The number of nitrogens with one attached hydrogen (secondary N) is 1. The monoisotopic (exact) mass is 488 g/mol. The Morgan fingerprint density at radius 2 is 1.70 bits per heavy atom. The van der Waals surface area contributed by atoms with E-state index in [4.69, 9.17) is 9.52 Å². The Bertz CT molecular complexity index is 1670. The molecule has 0 aliphatic carbocycles. The molecular formula is C27H20N8O2. The van der Waals surface area contributed by atoms with Crippen LogP contribution >= 0.6 is 0 Å². The number of nitrogens with zero attached hydrogens (tertiary/aromatic N) is 7. The second-order valence-electron chi connectivity index (χ2n) is 8.16. The Morgan fingerprint density at radius 1 is 0.946 bits per heavy atom. The van der Waals surface area contributed by atoms with E-state index in [-0.39, 0.29) is 6.54 Å². The molecule has 37 heavy (non-hydrogen) atoms. The molecule has 10 heteroatoms. The number of hydrogen-bond acceptors (Lipinski definition) is 7. The molecule has 0 atom stereocenters. The fourth-order valence-corrected chi connectivity index (χ4v) is 3.84. The maximum Gasteiger partial charge on any atom is 0.263 e. The number of amides is 1. The molecule has 0 saturated heterocycles. The lowest BCUT2D eigenvalue weighted by molar-refractivity contribution is -0.122. The quantitative estimate of drug-likeness (QED) is 0.267. The van der Waals surface area contributed by atoms with Gasteiger partial charge in [-0.05, 0) is 29.5 Å². The summed E-state index contributed by atoms with van der Waals surface area (Å²) in [5, 5.41) is 22.0. The minimum Gasteiger partial charge on any atom is -0.454 e. The van der Waals surface area contributed by atoms with E-state index in [1.165, 1.54) is 11.0 Å². The third-order valence-electron chi connectivity index (χ3n) is 5.58. The van der Waals surface area contributed by atoms with Crippen LogP contribution in [0.15, 0.2) is 107 Å². The number of carbonyl (C=O) groups is 1. The maximum atomic E-state index is 12.5. The molecule has 0 saturated carbocycles. The molecule has 1 N–H and O–H groups in total. The summed E-state index contributed by atoms with van der Waals surface area (Å²) in [5.74, 6) is 0.651. The predicted molar refractivity (Wildman–Crippen MR) is 138 cm³/mol. The largest absolute Gasteiger partial charge is 0.454 e. The molecule has 10 nitrogen and oxygen atoms in total. The lowest BCUT2D eigenvalue weighted by Crippen LogP contribution is -2.24. The van der Waals surface area contributed by atoms with Crippen LogP contribution in [0.5, 0.6) is 0 Å². The summed E-state index contributed by atoms with van der Waals surface area (Å²) in [6.45, 7) is -0.128. The molecule has 0 fully saturated rings. The van der Waals surface area contributed by atoms with Gasteiger partial charge in [-0.25, -0.2) is 10.1 Å². The first-order valence-electron chi connectivity index (χ1n) is 11.5. The van der Waals surface area contributed by atoms with Gasteiger partial charge in [0, 0.05) is 22.7 Å². The number of hydrazone groups is 1. The van der Waals surface area contributed by atoms with Crippen molar-refractivity contribution in [2.24, 2.45) is 5.10 Å². The van der Waals surface area contributed by atoms with E-state index in [0.717, 1.165) is 22.2 Å². The Labute approximate surface area is 210 Å². The van der Waals surface area contributed by atoms with Crippen LogP contribution in [0.3, 0.4) is 0 Å². The van der Waals surface area contributed by atoms with Crippen LogP contribution in [0, 0.1) is 0 Å². The van der Waals surface area contributed by atoms with E-state index in [1.807, 2.05) is 97.2 Å². The van der Waals surface area contributed by atoms with Crippen LogP contribution in [0.2, 0.25) is 0 Å². The highest BCUT2D eigenvalue weighted by molar-refractivity contribution is 5.91. The predicted octanol–water partition coefficient (Wildman–Crippen LogP) is 4.09. The number of fused-ring (bicyclic) bond motifs is 1. The Hall–Kier alpha value is -5.38. The van der Waals surface area contributed by atoms with E-state index in [9.17, 15) is 4.79 Å². The van der Waals surface area contributed by atoms with E-state index >= 15 is 0 Å². The van der Waals surface area contributed by atoms with Gasteiger partial charge in [-0.15, -0.1) is 10.2 Å². The number of carbonyl (C=O) groups excluding carboxylic acids is 1. The second kappa shape index (κ2) is 9.70. The van der Waals surface area contributed by atoms with Crippen molar-refractivity contribution >= 4 is 23.1 Å². The number of benzene rings is 3. The zero-order chi connectivity index (χ0) is 25.0. The van der Waals surface area contributed by atoms with Gasteiger partial charge in [-0.1, -0.05) is 66.7 Å². The van der Waals surface area contributed by atoms with Crippen molar-refractivity contribution in [1.29, 1.82) is 0 Å². The smallest absolute Gasteiger partial charge is 0.263 e. The first-order valence-corrected chi connectivity index (χ1v) is 11.5. The highest BCUT2D eigenvalue weighted by Gasteiger charge is 2.16. The molecular weight excluding hydrogens is 468 g/mol. The minimum absolute atomic E-state index is 0.128. The maximum absolute atomic E-state index is 12.5. The molecule has 180 valence electrons. The average molecular weight is 489 g/mol. The molecule has 0 bridgehead atoms. The fraction of sp³-hybridized carbons (Fsp3) is 0.0370. The Balaban J connectivity index is 1.22. The number of aromatic nitrogens is 6. The number of tetrazole rings is 1. The van der Waals surface area contributed by atoms with Crippen LogP contribution in [0.1, 0.15) is 5.56 Å². The van der Waals surface area contributed by atoms with Gasteiger partial charge in [0.15, 0.2) is 5.76 Å². The van der Waals surface area contributed by atoms with Crippen molar-refractivity contribution in [1.82, 2.24) is 35.4 Å². The lowest BCUT2D eigenvalue weighted by Gasteiger charge is -1.98. The summed E-state index contributed by atoms with van der Waals surface area (Å²) in [6, 6.07) is 28.8. The van der Waals surface area contributed by atoms with Crippen molar-refractivity contribution in [2.45, 2.75) is 6.54 Å². The summed E-state index contributed by atoms with van der Waals surface area (Å²) in [5.41, 5.74) is 6.26.